The highest BCUT2D eigenvalue weighted by Crippen LogP contribution is 2.29. The van der Waals surface area contributed by atoms with Gasteiger partial charge in [-0.25, -0.2) is 18.0 Å². The third kappa shape index (κ3) is 4.49. The second kappa shape index (κ2) is 8.43. The van der Waals surface area contributed by atoms with Crippen LogP contribution in [0.5, 0.6) is 11.5 Å². The van der Waals surface area contributed by atoms with E-state index < -0.39 is 41.1 Å². The standard InChI is InChI=1S/C18H16F3NO5/c1-9(17(23)22-12-6-5-11(19)15(20)16(12)21)27-13-7-4-10(18(24)26-3)8-14(13)25-2/h4-9H,1-3H3,(H,22,23)/t9-/m0/s1. The zero-order chi connectivity index (χ0) is 20.1. The molecule has 0 spiro atoms. The lowest BCUT2D eigenvalue weighted by Crippen LogP contribution is -2.30. The summed E-state index contributed by atoms with van der Waals surface area (Å²) in [7, 11) is 2.56. The maximum absolute atomic E-state index is 13.7. The van der Waals surface area contributed by atoms with Crippen molar-refractivity contribution >= 4 is 17.6 Å². The molecular formula is C18H16F3NO5. The Bertz CT molecular complexity index is 872. The molecule has 0 aliphatic heterocycles. The average molecular weight is 383 g/mol. The molecule has 0 bridgehead atoms. The van der Waals surface area contributed by atoms with Gasteiger partial charge in [0.2, 0.25) is 0 Å². The van der Waals surface area contributed by atoms with Gasteiger partial charge in [-0.15, -0.1) is 0 Å². The number of ether oxygens (including phenoxy) is 3. The van der Waals surface area contributed by atoms with Crippen molar-refractivity contribution < 1.29 is 37.0 Å². The molecule has 2 rings (SSSR count). The molecule has 6 nitrogen and oxygen atoms in total. The van der Waals surface area contributed by atoms with Crippen LogP contribution in [0, 0.1) is 17.5 Å². The van der Waals surface area contributed by atoms with Crippen molar-refractivity contribution in [1.29, 1.82) is 0 Å². The van der Waals surface area contributed by atoms with Gasteiger partial charge < -0.3 is 19.5 Å². The van der Waals surface area contributed by atoms with Crippen molar-refractivity contribution in [2.24, 2.45) is 0 Å². The zero-order valence-electron chi connectivity index (χ0n) is 14.6. The van der Waals surface area contributed by atoms with E-state index in [0.29, 0.717) is 6.07 Å². The Morgan fingerprint density at radius 2 is 1.70 bits per heavy atom. The molecule has 27 heavy (non-hydrogen) atoms. The van der Waals surface area contributed by atoms with E-state index >= 15 is 0 Å². The largest absolute Gasteiger partial charge is 0.493 e. The van der Waals surface area contributed by atoms with E-state index in [0.717, 1.165) is 6.07 Å². The highest BCUT2D eigenvalue weighted by molar-refractivity contribution is 5.94. The number of hydrogen-bond donors (Lipinski definition) is 1. The van der Waals surface area contributed by atoms with Gasteiger partial charge in [0, 0.05) is 0 Å². The summed E-state index contributed by atoms with van der Waals surface area (Å²) in [5, 5.41) is 2.11. The molecule has 0 saturated heterocycles. The predicted molar refractivity (Wildman–Crippen MR) is 89.4 cm³/mol. The summed E-state index contributed by atoms with van der Waals surface area (Å²) in [5.74, 6) is -5.67. The minimum absolute atomic E-state index is 0.138. The minimum Gasteiger partial charge on any atom is -0.493 e. The maximum Gasteiger partial charge on any atom is 0.337 e. The van der Waals surface area contributed by atoms with Crippen LogP contribution in [0.15, 0.2) is 30.3 Å². The Labute approximate surface area is 152 Å². The van der Waals surface area contributed by atoms with Crippen LogP contribution in [-0.4, -0.2) is 32.2 Å². The van der Waals surface area contributed by atoms with Crippen LogP contribution >= 0.6 is 0 Å². The molecule has 2 aromatic carbocycles. The number of carbonyl (C=O) groups is 2. The first-order valence-corrected chi connectivity index (χ1v) is 7.65. The number of carbonyl (C=O) groups excluding carboxylic acids is 2. The molecule has 0 fully saturated rings. The van der Waals surface area contributed by atoms with Gasteiger partial charge in [-0.2, -0.15) is 0 Å². The SMILES string of the molecule is COC(=O)c1ccc(O[C@@H](C)C(=O)Nc2ccc(F)c(F)c2F)c(OC)c1. The quantitative estimate of drug-likeness (QED) is 0.612. The smallest absolute Gasteiger partial charge is 0.337 e. The maximum atomic E-state index is 13.7. The van der Waals surface area contributed by atoms with Gasteiger partial charge in [0.15, 0.2) is 35.1 Å². The van der Waals surface area contributed by atoms with Gasteiger partial charge in [-0.1, -0.05) is 0 Å². The predicted octanol–water partition coefficient (Wildman–Crippen LogP) is 3.31. The summed E-state index contributed by atoms with van der Waals surface area (Å²) in [4.78, 5) is 23.7. The van der Waals surface area contributed by atoms with Crippen LogP contribution in [0.2, 0.25) is 0 Å². The number of rotatable bonds is 6. The summed E-state index contributed by atoms with van der Waals surface area (Å²) < 4.78 is 55.0. The number of nitrogens with one attached hydrogen (secondary N) is 1. The molecule has 0 aromatic heterocycles. The fraction of sp³-hybridized carbons (Fsp3) is 0.222. The lowest BCUT2D eigenvalue weighted by molar-refractivity contribution is -0.122. The summed E-state index contributed by atoms with van der Waals surface area (Å²) in [5.41, 5.74) is -0.315. The molecule has 0 saturated carbocycles. The number of benzene rings is 2. The van der Waals surface area contributed by atoms with E-state index in [1.807, 2.05) is 0 Å². The zero-order valence-corrected chi connectivity index (χ0v) is 14.6. The number of anilines is 1. The fourth-order valence-corrected chi connectivity index (χ4v) is 2.11. The van der Waals surface area contributed by atoms with E-state index in [1.165, 1.54) is 39.3 Å². The second-order valence-corrected chi connectivity index (χ2v) is 5.33. The minimum atomic E-state index is -1.69. The Kier molecular flexibility index (Phi) is 6.27. The molecule has 1 atom stereocenters. The van der Waals surface area contributed by atoms with Crippen molar-refractivity contribution in [3.63, 3.8) is 0 Å². The van der Waals surface area contributed by atoms with E-state index in [2.05, 4.69) is 10.1 Å². The van der Waals surface area contributed by atoms with E-state index in [-0.39, 0.29) is 17.1 Å². The Morgan fingerprint density at radius 3 is 2.33 bits per heavy atom. The van der Waals surface area contributed by atoms with E-state index in [4.69, 9.17) is 9.47 Å². The van der Waals surface area contributed by atoms with E-state index in [1.54, 1.807) is 0 Å². The van der Waals surface area contributed by atoms with Crippen LogP contribution in [0.25, 0.3) is 0 Å². The Hall–Kier alpha value is -3.23. The highest BCUT2D eigenvalue weighted by atomic mass is 19.2. The molecule has 0 unspecified atom stereocenters. The average Bonchev–Trinajstić information content (AvgIpc) is 2.67. The molecule has 144 valence electrons. The summed E-state index contributed by atoms with van der Waals surface area (Å²) in [6.45, 7) is 1.36. The Morgan fingerprint density at radius 1 is 1.00 bits per heavy atom. The summed E-state index contributed by atoms with van der Waals surface area (Å²) in [6.07, 6.45) is -1.14. The number of esters is 1. The van der Waals surface area contributed by atoms with Gasteiger partial charge >= 0.3 is 5.97 Å². The van der Waals surface area contributed by atoms with Gasteiger partial charge in [-0.3, -0.25) is 4.79 Å². The second-order valence-electron chi connectivity index (χ2n) is 5.33. The van der Waals surface area contributed by atoms with Crippen LogP contribution in [0.4, 0.5) is 18.9 Å². The van der Waals surface area contributed by atoms with Crippen molar-refractivity contribution in [3.8, 4) is 11.5 Å². The molecule has 0 aliphatic rings. The van der Waals surface area contributed by atoms with Gasteiger partial charge in [0.05, 0.1) is 25.5 Å². The third-order valence-corrected chi connectivity index (χ3v) is 3.55. The molecule has 9 heteroatoms. The third-order valence-electron chi connectivity index (χ3n) is 3.55. The van der Waals surface area contributed by atoms with Crippen LogP contribution in [-0.2, 0) is 9.53 Å². The van der Waals surface area contributed by atoms with Crippen LogP contribution in [0.1, 0.15) is 17.3 Å². The van der Waals surface area contributed by atoms with Gasteiger partial charge in [0.1, 0.15) is 0 Å². The topological polar surface area (TPSA) is 73.9 Å². The molecule has 2 aromatic rings. The first kappa shape index (κ1) is 20.1. The lowest BCUT2D eigenvalue weighted by atomic mass is 10.2. The molecule has 1 amide bonds. The summed E-state index contributed by atoms with van der Waals surface area (Å²) >= 11 is 0. The number of halogens is 3. The van der Waals surface area contributed by atoms with Crippen molar-refractivity contribution in [3.05, 3.63) is 53.3 Å². The normalized spacial score (nSPS) is 11.5. The van der Waals surface area contributed by atoms with Gasteiger partial charge in [0.25, 0.3) is 5.91 Å². The fourth-order valence-electron chi connectivity index (χ4n) is 2.11. The summed E-state index contributed by atoms with van der Waals surface area (Å²) in [6, 6.07) is 5.75. The van der Waals surface area contributed by atoms with E-state index in [9.17, 15) is 22.8 Å². The van der Waals surface area contributed by atoms with Crippen molar-refractivity contribution in [2.45, 2.75) is 13.0 Å². The molecule has 0 aliphatic carbocycles. The van der Waals surface area contributed by atoms with Gasteiger partial charge in [-0.05, 0) is 37.3 Å². The molecule has 0 heterocycles. The van der Waals surface area contributed by atoms with Crippen LogP contribution < -0.4 is 14.8 Å². The molecule has 0 radical (unpaired) electrons. The van der Waals surface area contributed by atoms with Crippen LogP contribution in [0.3, 0.4) is 0 Å². The van der Waals surface area contributed by atoms with Crippen molar-refractivity contribution in [2.75, 3.05) is 19.5 Å². The lowest BCUT2D eigenvalue weighted by Gasteiger charge is -2.17. The monoisotopic (exact) mass is 383 g/mol. The first-order chi connectivity index (χ1) is 12.8. The first-order valence-electron chi connectivity index (χ1n) is 7.65. The number of hydrogen-bond acceptors (Lipinski definition) is 5. The molecule has 1 N–H and O–H groups in total. The highest BCUT2D eigenvalue weighted by Gasteiger charge is 2.21. The van der Waals surface area contributed by atoms with Crippen molar-refractivity contribution in [1.82, 2.24) is 0 Å². The molecular weight excluding hydrogens is 367 g/mol. The Balaban J connectivity index is 2.14. The number of amides is 1. The number of methoxy groups -OCH3 is 2.